The Morgan fingerprint density at radius 2 is 1.68 bits per heavy atom. The van der Waals surface area contributed by atoms with Crippen LogP contribution in [0, 0.1) is 0 Å². The van der Waals surface area contributed by atoms with E-state index in [0.717, 1.165) is 11.1 Å². The summed E-state index contributed by atoms with van der Waals surface area (Å²) in [5, 5.41) is 5.82. The van der Waals surface area contributed by atoms with Crippen LogP contribution in [0.4, 0.5) is 4.79 Å². The maximum atomic E-state index is 12.6. The zero-order valence-corrected chi connectivity index (χ0v) is 20.0. The normalized spacial score (nSPS) is 17.4. The average Bonchev–Trinajstić information content (AvgIpc) is 2.77. The lowest BCUT2D eigenvalue weighted by Crippen LogP contribution is -2.63. The molecule has 8 nitrogen and oxygen atoms in total. The summed E-state index contributed by atoms with van der Waals surface area (Å²) in [6.45, 7) is 5.82. The molecule has 8 heteroatoms. The number of hydrogen-bond donors (Lipinski definition) is 2. The van der Waals surface area contributed by atoms with Gasteiger partial charge in [-0.25, -0.2) is 4.79 Å². The Bertz CT molecular complexity index is 959. The molecule has 1 fully saturated rings. The second-order valence-corrected chi connectivity index (χ2v) is 9.37. The third-order valence-electron chi connectivity index (χ3n) is 5.36. The quantitative estimate of drug-likeness (QED) is 0.580. The molecular weight excluding hydrogens is 434 g/mol. The van der Waals surface area contributed by atoms with Crippen molar-refractivity contribution in [1.29, 1.82) is 0 Å². The number of ether oxygens (including phenoxy) is 2. The van der Waals surface area contributed by atoms with E-state index in [2.05, 4.69) is 10.6 Å². The van der Waals surface area contributed by atoms with Crippen molar-refractivity contribution in [3.63, 3.8) is 0 Å². The Morgan fingerprint density at radius 1 is 1.06 bits per heavy atom. The van der Waals surface area contributed by atoms with Crippen molar-refractivity contribution in [1.82, 2.24) is 15.5 Å². The molecule has 0 saturated carbocycles. The van der Waals surface area contributed by atoms with Crippen LogP contribution in [0.15, 0.2) is 60.7 Å². The van der Waals surface area contributed by atoms with Crippen LogP contribution in [0.2, 0.25) is 0 Å². The molecule has 1 aliphatic heterocycles. The number of nitrogens with zero attached hydrogens (tertiary/aromatic N) is 1. The van der Waals surface area contributed by atoms with Gasteiger partial charge in [0.25, 0.3) is 0 Å². The molecule has 3 rings (SSSR count). The van der Waals surface area contributed by atoms with Crippen LogP contribution < -0.4 is 10.6 Å². The van der Waals surface area contributed by atoms with Gasteiger partial charge in [-0.1, -0.05) is 60.7 Å². The summed E-state index contributed by atoms with van der Waals surface area (Å²) in [5.74, 6) is -0.609. The Balaban J connectivity index is 1.73. The third-order valence-corrected chi connectivity index (χ3v) is 5.36. The Hall–Kier alpha value is -3.39. The Kier molecular flexibility index (Phi) is 8.65. The summed E-state index contributed by atoms with van der Waals surface area (Å²) in [5.41, 5.74) is 1.26. The predicted octanol–water partition coefficient (Wildman–Crippen LogP) is 2.67. The molecular formula is C26H33N3O5. The topological polar surface area (TPSA) is 97.0 Å². The first kappa shape index (κ1) is 25.2. The van der Waals surface area contributed by atoms with Crippen LogP contribution in [-0.2, 0) is 32.1 Å². The summed E-state index contributed by atoms with van der Waals surface area (Å²) in [6.07, 6.45) is -0.0344. The van der Waals surface area contributed by atoms with Crippen molar-refractivity contribution in [3.05, 3.63) is 71.8 Å². The predicted molar refractivity (Wildman–Crippen MR) is 128 cm³/mol. The molecule has 0 aromatic heterocycles. The molecule has 34 heavy (non-hydrogen) atoms. The SMILES string of the molecule is CC(C)(C)OC(=O)N[C@@H](Cc1ccccc1)[C@H]1CNC(=O)CN1CC(=O)OCc1ccccc1. The fourth-order valence-electron chi connectivity index (χ4n) is 3.83. The van der Waals surface area contributed by atoms with E-state index in [4.69, 9.17) is 9.47 Å². The van der Waals surface area contributed by atoms with E-state index in [1.54, 1.807) is 25.7 Å². The zero-order valence-electron chi connectivity index (χ0n) is 20.0. The van der Waals surface area contributed by atoms with E-state index in [1.807, 2.05) is 60.7 Å². The van der Waals surface area contributed by atoms with Crippen molar-refractivity contribution in [2.24, 2.45) is 0 Å². The minimum atomic E-state index is -0.650. The minimum absolute atomic E-state index is 0.0341. The maximum absolute atomic E-state index is 12.6. The molecule has 0 bridgehead atoms. The van der Waals surface area contributed by atoms with Gasteiger partial charge in [-0.05, 0) is 38.3 Å². The lowest BCUT2D eigenvalue weighted by atomic mass is 9.96. The molecule has 0 radical (unpaired) electrons. The van der Waals surface area contributed by atoms with E-state index in [1.165, 1.54) is 0 Å². The molecule has 182 valence electrons. The van der Waals surface area contributed by atoms with Crippen molar-refractivity contribution < 1.29 is 23.9 Å². The number of amides is 2. The monoisotopic (exact) mass is 467 g/mol. The smallest absolute Gasteiger partial charge is 0.407 e. The first-order valence-corrected chi connectivity index (χ1v) is 11.4. The summed E-state index contributed by atoms with van der Waals surface area (Å²) in [4.78, 5) is 39.2. The first-order chi connectivity index (χ1) is 16.2. The highest BCUT2D eigenvalue weighted by Gasteiger charge is 2.36. The number of benzene rings is 2. The number of carbonyl (C=O) groups excluding carboxylic acids is 3. The van der Waals surface area contributed by atoms with Crippen LogP contribution in [-0.4, -0.2) is 60.2 Å². The Morgan fingerprint density at radius 3 is 2.29 bits per heavy atom. The van der Waals surface area contributed by atoms with Gasteiger partial charge < -0.3 is 20.1 Å². The minimum Gasteiger partial charge on any atom is -0.460 e. The summed E-state index contributed by atoms with van der Waals surface area (Å²) in [7, 11) is 0. The molecule has 2 atom stereocenters. The average molecular weight is 468 g/mol. The van der Waals surface area contributed by atoms with Crippen molar-refractivity contribution in [2.75, 3.05) is 19.6 Å². The molecule has 0 spiro atoms. The zero-order chi connectivity index (χ0) is 24.6. The number of piperazine rings is 1. The van der Waals surface area contributed by atoms with E-state index < -0.39 is 23.7 Å². The van der Waals surface area contributed by atoms with Gasteiger partial charge in [-0.15, -0.1) is 0 Å². The highest BCUT2D eigenvalue weighted by molar-refractivity contribution is 5.80. The number of alkyl carbamates (subject to hydrolysis) is 1. The fourth-order valence-corrected chi connectivity index (χ4v) is 3.83. The van der Waals surface area contributed by atoms with E-state index in [-0.39, 0.29) is 38.2 Å². The van der Waals surface area contributed by atoms with E-state index in [0.29, 0.717) is 6.42 Å². The highest BCUT2D eigenvalue weighted by atomic mass is 16.6. The van der Waals surface area contributed by atoms with Gasteiger partial charge in [0, 0.05) is 12.6 Å². The van der Waals surface area contributed by atoms with E-state index in [9.17, 15) is 14.4 Å². The van der Waals surface area contributed by atoms with Crippen LogP contribution >= 0.6 is 0 Å². The van der Waals surface area contributed by atoms with Crippen molar-refractivity contribution in [3.8, 4) is 0 Å². The molecule has 1 heterocycles. The van der Waals surface area contributed by atoms with Gasteiger partial charge in [0.05, 0.1) is 19.1 Å². The largest absolute Gasteiger partial charge is 0.460 e. The van der Waals surface area contributed by atoms with Crippen molar-refractivity contribution in [2.45, 2.75) is 51.5 Å². The Labute approximate surface area is 200 Å². The number of carbonyl (C=O) groups is 3. The highest BCUT2D eigenvalue weighted by Crippen LogP contribution is 2.16. The number of hydrogen-bond acceptors (Lipinski definition) is 6. The second kappa shape index (κ2) is 11.7. The molecule has 2 aromatic carbocycles. The standard InChI is InChI=1S/C26H33N3O5/c1-26(2,3)34-25(32)28-21(14-19-10-6-4-7-11-19)22-15-27-23(30)16-29(22)17-24(31)33-18-20-12-8-5-9-13-20/h4-13,21-22H,14-18H2,1-3H3,(H,27,30)(H,28,32)/t21-,22+/m0/s1. The van der Waals surface area contributed by atoms with Gasteiger partial charge in [0.2, 0.25) is 5.91 Å². The molecule has 0 unspecified atom stereocenters. The summed E-state index contributed by atoms with van der Waals surface area (Å²) in [6, 6.07) is 18.4. The van der Waals surface area contributed by atoms with Gasteiger partial charge in [0.1, 0.15) is 12.2 Å². The van der Waals surface area contributed by atoms with Crippen LogP contribution in [0.1, 0.15) is 31.9 Å². The molecule has 2 amide bonds. The van der Waals surface area contributed by atoms with Gasteiger partial charge in [-0.2, -0.15) is 0 Å². The molecule has 2 N–H and O–H groups in total. The summed E-state index contributed by atoms with van der Waals surface area (Å²) >= 11 is 0. The van der Waals surface area contributed by atoms with Crippen LogP contribution in [0.3, 0.4) is 0 Å². The van der Waals surface area contributed by atoms with Gasteiger partial charge in [0.15, 0.2) is 0 Å². The third kappa shape index (κ3) is 8.19. The van der Waals surface area contributed by atoms with Gasteiger partial charge >= 0.3 is 12.1 Å². The molecule has 1 saturated heterocycles. The summed E-state index contributed by atoms with van der Waals surface area (Å²) < 4.78 is 10.9. The first-order valence-electron chi connectivity index (χ1n) is 11.4. The number of nitrogens with one attached hydrogen (secondary N) is 2. The second-order valence-electron chi connectivity index (χ2n) is 9.37. The molecule has 0 aliphatic carbocycles. The number of rotatable bonds is 8. The molecule has 2 aromatic rings. The molecule has 1 aliphatic rings. The van der Waals surface area contributed by atoms with Crippen molar-refractivity contribution >= 4 is 18.0 Å². The lowest BCUT2D eigenvalue weighted by Gasteiger charge is -2.40. The van der Waals surface area contributed by atoms with E-state index >= 15 is 0 Å². The lowest BCUT2D eigenvalue weighted by molar-refractivity contribution is -0.148. The maximum Gasteiger partial charge on any atom is 0.407 e. The van der Waals surface area contributed by atoms with Gasteiger partial charge in [-0.3, -0.25) is 14.5 Å². The van der Waals surface area contributed by atoms with Crippen LogP contribution in [0.25, 0.3) is 0 Å². The van der Waals surface area contributed by atoms with Crippen LogP contribution in [0.5, 0.6) is 0 Å². The number of esters is 1. The fraction of sp³-hybridized carbons (Fsp3) is 0.423.